The summed E-state index contributed by atoms with van der Waals surface area (Å²) in [6.07, 6.45) is 1.26. The summed E-state index contributed by atoms with van der Waals surface area (Å²) in [5.41, 5.74) is 0. The van der Waals surface area contributed by atoms with Crippen LogP contribution in [0.4, 0.5) is 0 Å². The van der Waals surface area contributed by atoms with Crippen LogP contribution in [0.1, 0.15) is 20.3 Å². The standard InChI is InChI=1S/C9H18N2/c1-8(2)11-7-5-6-10(4)9(11)3/h8H,3,5-7H2,1-2,4H3. The fourth-order valence-corrected chi connectivity index (χ4v) is 1.51. The molecule has 2 nitrogen and oxygen atoms in total. The van der Waals surface area contributed by atoms with E-state index in [1.807, 2.05) is 0 Å². The van der Waals surface area contributed by atoms with Crippen LogP contribution in [0.2, 0.25) is 0 Å². The molecule has 2 heteroatoms. The van der Waals surface area contributed by atoms with Gasteiger partial charge in [-0.3, -0.25) is 0 Å². The molecule has 1 heterocycles. The first kappa shape index (κ1) is 8.44. The van der Waals surface area contributed by atoms with E-state index in [1.165, 1.54) is 18.8 Å². The average molecular weight is 154 g/mol. The predicted octanol–water partition coefficient (Wildman–Crippen LogP) is 1.50. The van der Waals surface area contributed by atoms with Gasteiger partial charge >= 0.3 is 0 Å². The molecule has 0 spiro atoms. The van der Waals surface area contributed by atoms with Gasteiger partial charge in [-0.25, -0.2) is 0 Å². The van der Waals surface area contributed by atoms with Crippen LogP contribution >= 0.6 is 0 Å². The van der Waals surface area contributed by atoms with Gasteiger partial charge in [-0.1, -0.05) is 6.58 Å². The van der Waals surface area contributed by atoms with Crippen molar-refractivity contribution in [2.75, 3.05) is 20.1 Å². The number of rotatable bonds is 1. The summed E-state index contributed by atoms with van der Waals surface area (Å²) in [6.45, 7) is 10.8. The number of hydrogen-bond donors (Lipinski definition) is 0. The highest BCUT2D eigenvalue weighted by molar-refractivity contribution is 4.97. The maximum atomic E-state index is 4.05. The van der Waals surface area contributed by atoms with Crippen LogP contribution in [0, 0.1) is 0 Å². The molecule has 0 aliphatic carbocycles. The molecular weight excluding hydrogens is 136 g/mol. The second-order valence-electron chi connectivity index (χ2n) is 3.48. The lowest BCUT2D eigenvalue weighted by molar-refractivity contribution is 0.153. The number of hydrogen-bond acceptors (Lipinski definition) is 2. The van der Waals surface area contributed by atoms with Gasteiger partial charge in [0.05, 0.1) is 5.82 Å². The minimum atomic E-state index is 0.588. The molecule has 0 atom stereocenters. The third-order valence-corrected chi connectivity index (χ3v) is 2.29. The molecular formula is C9H18N2. The second kappa shape index (κ2) is 3.16. The molecule has 1 rings (SSSR count). The second-order valence-corrected chi connectivity index (χ2v) is 3.48. The summed E-state index contributed by atoms with van der Waals surface area (Å²) in [6, 6.07) is 0.588. The smallest absolute Gasteiger partial charge is 0.0964 e. The van der Waals surface area contributed by atoms with Crippen molar-refractivity contribution in [3.05, 3.63) is 12.4 Å². The van der Waals surface area contributed by atoms with Crippen LogP contribution < -0.4 is 0 Å². The highest BCUT2D eigenvalue weighted by Crippen LogP contribution is 2.16. The zero-order valence-electron chi connectivity index (χ0n) is 7.80. The Bertz CT molecular complexity index is 152. The van der Waals surface area contributed by atoms with E-state index in [1.54, 1.807) is 0 Å². The third-order valence-electron chi connectivity index (χ3n) is 2.29. The Morgan fingerprint density at radius 2 is 2.00 bits per heavy atom. The van der Waals surface area contributed by atoms with Gasteiger partial charge in [0.2, 0.25) is 0 Å². The quantitative estimate of drug-likeness (QED) is 0.565. The average Bonchev–Trinajstić information content (AvgIpc) is 1.94. The zero-order chi connectivity index (χ0) is 8.43. The van der Waals surface area contributed by atoms with Crippen LogP contribution in [-0.2, 0) is 0 Å². The molecule has 0 bridgehead atoms. The summed E-state index contributed by atoms with van der Waals surface area (Å²) < 4.78 is 0. The Morgan fingerprint density at radius 3 is 2.45 bits per heavy atom. The molecule has 0 aromatic heterocycles. The SMILES string of the molecule is C=C1N(C)CCCN1C(C)C. The fraction of sp³-hybridized carbons (Fsp3) is 0.778. The number of nitrogens with zero attached hydrogens (tertiary/aromatic N) is 2. The maximum Gasteiger partial charge on any atom is 0.0964 e. The Kier molecular flexibility index (Phi) is 2.42. The van der Waals surface area contributed by atoms with E-state index in [-0.39, 0.29) is 0 Å². The first-order chi connectivity index (χ1) is 5.13. The topological polar surface area (TPSA) is 6.48 Å². The molecule has 11 heavy (non-hydrogen) atoms. The summed E-state index contributed by atoms with van der Waals surface area (Å²) in [5, 5.41) is 0. The van der Waals surface area contributed by atoms with Crippen molar-refractivity contribution in [2.24, 2.45) is 0 Å². The Hall–Kier alpha value is -0.660. The Morgan fingerprint density at radius 1 is 1.36 bits per heavy atom. The van der Waals surface area contributed by atoms with Crippen LogP contribution in [-0.4, -0.2) is 36.0 Å². The van der Waals surface area contributed by atoms with Crippen molar-refractivity contribution in [3.63, 3.8) is 0 Å². The molecule has 0 aromatic rings. The van der Waals surface area contributed by atoms with Crippen molar-refractivity contribution < 1.29 is 0 Å². The van der Waals surface area contributed by atoms with E-state index in [0.717, 1.165) is 6.54 Å². The minimum Gasteiger partial charge on any atom is -0.362 e. The molecule has 0 radical (unpaired) electrons. The molecule has 1 fully saturated rings. The molecule has 0 saturated carbocycles. The molecule has 1 aliphatic heterocycles. The van der Waals surface area contributed by atoms with Gasteiger partial charge in [-0.05, 0) is 20.3 Å². The fourth-order valence-electron chi connectivity index (χ4n) is 1.51. The van der Waals surface area contributed by atoms with Crippen LogP contribution in [0.3, 0.4) is 0 Å². The van der Waals surface area contributed by atoms with Crippen molar-refractivity contribution in [1.82, 2.24) is 9.80 Å². The van der Waals surface area contributed by atoms with Gasteiger partial charge in [0.15, 0.2) is 0 Å². The summed E-state index contributed by atoms with van der Waals surface area (Å²) in [4.78, 5) is 4.58. The third kappa shape index (κ3) is 1.67. The largest absolute Gasteiger partial charge is 0.362 e. The summed E-state index contributed by atoms with van der Waals surface area (Å²) in [5.74, 6) is 1.17. The van der Waals surface area contributed by atoms with E-state index in [4.69, 9.17) is 0 Å². The molecule has 0 aromatic carbocycles. The molecule has 0 N–H and O–H groups in total. The highest BCUT2D eigenvalue weighted by atomic mass is 15.3. The van der Waals surface area contributed by atoms with Gasteiger partial charge in [0.25, 0.3) is 0 Å². The van der Waals surface area contributed by atoms with Crippen LogP contribution in [0.25, 0.3) is 0 Å². The molecule has 0 unspecified atom stereocenters. The lowest BCUT2D eigenvalue weighted by Gasteiger charge is -2.40. The van der Waals surface area contributed by atoms with Gasteiger partial charge in [0, 0.05) is 26.2 Å². The van der Waals surface area contributed by atoms with E-state index in [0.29, 0.717) is 6.04 Å². The first-order valence-corrected chi connectivity index (χ1v) is 4.29. The highest BCUT2D eigenvalue weighted by Gasteiger charge is 2.18. The van der Waals surface area contributed by atoms with E-state index in [2.05, 4.69) is 37.3 Å². The maximum absolute atomic E-state index is 4.05. The van der Waals surface area contributed by atoms with E-state index in [9.17, 15) is 0 Å². The summed E-state index contributed by atoms with van der Waals surface area (Å²) >= 11 is 0. The van der Waals surface area contributed by atoms with Gasteiger partial charge in [0.1, 0.15) is 0 Å². The van der Waals surface area contributed by atoms with Gasteiger partial charge in [-0.15, -0.1) is 0 Å². The molecule has 0 amide bonds. The lowest BCUT2D eigenvalue weighted by atomic mass is 10.2. The molecule has 1 saturated heterocycles. The van der Waals surface area contributed by atoms with Crippen molar-refractivity contribution in [1.29, 1.82) is 0 Å². The van der Waals surface area contributed by atoms with Gasteiger partial charge < -0.3 is 9.80 Å². The Labute approximate surface area is 69.5 Å². The molecule has 64 valence electrons. The van der Waals surface area contributed by atoms with Gasteiger partial charge in [-0.2, -0.15) is 0 Å². The van der Waals surface area contributed by atoms with E-state index >= 15 is 0 Å². The van der Waals surface area contributed by atoms with Crippen molar-refractivity contribution >= 4 is 0 Å². The van der Waals surface area contributed by atoms with Crippen LogP contribution in [0.15, 0.2) is 12.4 Å². The lowest BCUT2D eigenvalue weighted by Crippen LogP contribution is -2.43. The van der Waals surface area contributed by atoms with Crippen LogP contribution in [0.5, 0.6) is 0 Å². The molecule has 1 aliphatic rings. The van der Waals surface area contributed by atoms with Crippen molar-refractivity contribution in [2.45, 2.75) is 26.3 Å². The zero-order valence-corrected chi connectivity index (χ0v) is 7.80. The predicted molar refractivity (Wildman–Crippen MR) is 48.2 cm³/mol. The normalized spacial score (nSPS) is 19.8. The minimum absolute atomic E-state index is 0.588. The monoisotopic (exact) mass is 154 g/mol. The summed E-state index contributed by atoms with van der Waals surface area (Å²) in [7, 11) is 2.11. The first-order valence-electron chi connectivity index (χ1n) is 4.29. The Balaban J connectivity index is 2.58. The van der Waals surface area contributed by atoms with Crippen molar-refractivity contribution in [3.8, 4) is 0 Å². The van der Waals surface area contributed by atoms with E-state index < -0.39 is 0 Å².